The van der Waals surface area contributed by atoms with Crippen molar-refractivity contribution in [1.29, 1.82) is 26.3 Å². The molecule has 0 fully saturated rings. The van der Waals surface area contributed by atoms with Crippen LogP contribution in [0.3, 0.4) is 0 Å². The molecule has 0 aliphatic heterocycles. The molecule has 0 heterocycles. The summed E-state index contributed by atoms with van der Waals surface area (Å²) in [5.41, 5.74) is 0. The summed E-state index contributed by atoms with van der Waals surface area (Å²) in [6, 6.07) is 0. The third-order valence-electron chi connectivity index (χ3n) is 1.42. The molecule has 0 saturated carbocycles. The zero-order valence-electron chi connectivity index (χ0n) is 9.50. The number of hydrogen-bond donors (Lipinski definition) is 2. The normalized spacial score (nSPS) is 10.5. The molecule has 8 heteroatoms. The first kappa shape index (κ1) is 17.3. The van der Waals surface area contributed by atoms with Gasteiger partial charge >= 0.3 is 62.9 Å². The number of nitrogens with zero attached hydrogens (tertiary/aromatic N) is 5. The Morgan fingerprint density at radius 2 is 0.941 bits per heavy atom. The van der Waals surface area contributed by atoms with Gasteiger partial charge < -0.3 is 10.6 Å². The van der Waals surface area contributed by atoms with Gasteiger partial charge in [0.1, 0.15) is 0 Å². The van der Waals surface area contributed by atoms with Crippen LogP contribution in [0.25, 0.3) is 0 Å². The molecule has 91 valence electrons. The van der Waals surface area contributed by atoms with Crippen LogP contribution in [0.1, 0.15) is 0 Å². The van der Waals surface area contributed by atoms with Crippen molar-refractivity contribution in [3.8, 4) is 24.8 Å². The zero-order valence-corrected chi connectivity index (χ0v) is 10.6. The fourth-order valence-electron chi connectivity index (χ4n) is 0.427. The van der Waals surface area contributed by atoms with Crippen molar-refractivity contribution >= 4 is 0 Å². The van der Waals surface area contributed by atoms with E-state index in [1.165, 1.54) is 24.8 Å². The summed E-state index contributed by atoms with van der Waals surface area (Å²) >= 11 is -4.78. The van der Waals surface area contributed by atoms with Gasteiger partial charge in [-0.1, -0.05) is 0 Å². The van der Waals surface area contributed by atoms with Gasteiger partial charge in [0.2, 0.25) is 0 Å². The van der Waals surface area contributed by atoms with Crippen LogP contribution in [0.15, 0.2) is 0 Å². The minimum absolute atomic E-state index is 1.05. The van der Waals surface area contributed by atoms with Crippen LogP contribution in [0.4, 0.5) is 0 Å². The summed E-state index contributed by atoms with van der Waals surface area (Å²) in [4.78, 5) is 6.12. The Balaban J connectivity index is 0. The van der Waals surface area contributed by atoms with Gasteiger partial charge in [0.25, 0.3) is 0 Å². The topological polar surface area (TPSA) is 143 Å². The molecule has 0 aliphatic carbocycles. The van der Waals surface area contributed by atoms with Gasteiger partial charge in [-0.3, -0.25) is 0 Å². The molecule has 0 saturated heterocycles. The first-order valence-corrected chi connectivity index (χ1v) is 6.97. The summed E-state index contributed by atoms with van der Waals surface area (Å²) < 4.78 is 0. The molecular weight excluding hydrogens is 262 g/mol. The molecule has 0 radical (unpaired) electrons. The molecule has 0 bridgehead atoms. The average Bonchev–Trinajstić information content (AvgIpc) is 2.42. The van der Waals surface area contributed by atoms with Crippen molar-refractivity contribution in [2.75, 3.05) is 27.2 Å². The van der Waals surface area contributed by atoms with E-state index < -0.39 is 11.8 Å². The quantitative estimate of drug-likeness (QED) is 0.521. The molecule has 0 aromatic heterocycles. The van der Waals surface area contributed by atoms with Gasteiger partial charge in [-0.25, -0.2) is 0 Å². The standard InChI is InChI=1S/C4H12N2.5CN.Fe/c1-5-3-4-6-2;5*1-2;/h5-6H,3-4H2,1-2H3;;;;;;. The predicted molar refractivity (Wildman–Crippen MR) is 55.9 cm³/mol. The summed E-state index contributed by atoms with van der Waals surface area (Å²) in [6.45, 7) is 2.10. The Kier molecular flexibility index (Phi) is 8.23. The molecule has 0 spiro atoms. The van der Waals surface area contributed by atoms with Gasteiger partial charge in [-0.05, 0) is 14.1 Å². The molecule has 0 aromatic carbocycles. The van der Waals surface area contributed by atoms with E-state index in [1.807, 2.05) is 14.1 Å². The van der Waals surface area contributed by atoms with Crippen LogP contribution in [-0.2, 0) is 11.8 Å². The Bertz CT molecular complexity index is 347. The van der Waals surface area contributed by atoms with Gasteiger partial charge in [0.05, 0.1) is 0 Å². The van der Waals surface area contributed by atoms with Gasteiger partial charge in [0.15, 0.2) is 0 Å². The number of rotatable bonds is 3. The van der Waals surface area contributed by atoms with E-state index in [4.69, 9.17) is 26.3 Å². The molecular formula is C9H12FeN7. The maximum atomic E-state index is 8.35. The second-order valence-corrected chi connectivity index (χ2v) is 6.48. The molecule has 0 atom stereocenters. The second kappa shape index (κ2) is 8.09. The molecule has 0 rings (SSSR count). The van der Waals surface area contributed by atoms with Crippen LogP contribution < -0.4 is 10.6 Å². The van der Waals surface area contributed by atoms with Crippen LogP contribution in [0, 0.1) is 51.1 Å². The van der Waals surface area contributed by atoms with Crippen LogP contribution in [0.2, 0.25) is 0 Å². The molecule has 0 aromatic rings. The van der Waals surface area contributed by atoms with Crippen LogP contribution in [0.5, 0.6) is 0 Å². The molecule has 2 N–H and O–H groups in total. The third kappa shape index (κ3) is 4.50. The maximum absolute atomic E-state index is 8.35. The van der Waals surface area contributed by atoms with E-state index in [0.717, 1.165) is 13.1 Å². The SMILES string of the molecule is CNCCNC.N#[C][Fe]([C]#N)([C]#N)([C]#N)[C]#N. The van der Waals surface area contributed by atoms with Crippen molar-refractivity contribution in [2.24, 2.45) is 0 Å². The van der Waals surface area contributed by atoms with Crippen molar-refractivity contribution in [1.82, 2.24) is 10.6 Å². The number of likely N-dealkylation sites (N-methyl/N-ethyl adjacent to an activating group) is 2. The zero-order chi connectivity index (χ0) is 13.8. The molecule has 17 heavy (non-hydrogen) atoms. The fourth-order valence-corrected chi connectivity index (χ4v) is 0.979. The van der Waals surface area contributed by atoms with Crippen LogP contribution >= 0.6 is 0 Å². The Labute approximate surface area is 101 Å². The Hall–Kier alpha value is -2.11. The van der Waals surface area contributed by atoms with E-state index in [-0.39, 0.29) is 0 Å². The monoisotopic (exact) mass is 274 g/mol. The predicted octanol–water partition coefficient (Wildman–Crippen LogP) is -0.493. The van der Waals surface area contributed by atoms with E-state index in [2.05, 4.69) is 10.6 Å². The summed E-state index contributed by atoms with van der Waals surface area (Å²) in [6.07, 6.45) is 0. The van der Waals surface area contributed by atoms with E-state index >= 15 is 0 Å². The van der Waals surface area contributed by atoms with Crippen molar-refractivity contribution in [2.45, 2.75) is 0 Å². The third-order valence-corrected chi connectivity index (χ3v) is 3.88. The minimum atomic E-state index is -4.78. The van der Waals surface area contributed by atoms with E-state index in [1.54, 1.807) is 0 Å². The van der Waals surface area contributed by atoms with Gasteiger partial charge in [-0.15, -0.1) is 0 Å². The summed E-state index contributed by atoms with van der Waals surface area (Å²) in [5, 5.41) is 47.8. The second-order valence-electron chi connectivity index (χ2n) is 2.49. The molecule has 0 amide bonds. The molecule has 0 unspecified atom stereocenters. The average molecular weight is 274 g/mol. The molecule has 0 aliphatic rings. The number of nitrogens with one attached hydrogen (secondary N) is 2. The van der Waals surface area contributed by atoms with Gasteiger partial charge in [0, 0.05) is 13.1 Å². The van der Waals surface area contributed by atoms with Crippen molar-refractivity contribution in [3.05, 3.63) is 0 Å². The van der Waals surface area contributed by atoms with Crippen LogP contribution in [-0.4, -0.2) is 27.2 Å². The first-order chi connectivity index (χ1) is 8.03. The number of nitriles is 5. The van der Waals surface area contributed by atoms with E-state index in [9.17, 15) is 0 Å². The first-order valence-electron chi connectivity index (χ1n) is 4.21. The Morgan fingerprint density at radius 1 is 0.706 bits per heavy atom. The fraction of sp³-hybridized carbons (Fsp3) is 0.444. The van der Waals surface area contributed by atoms with Gasteiger partial charge in [-0.2, -0.15) is 0 Å². The summed E-state index contributed by atoms with van der Waals surface area (Å²) in [5.74, 6) is 0. The Morgan fingerprint density at radius 3 is 1.00 bits per heavy atom. The van der Waals surface area contributed by atoms with E-state index in [0.29, 0.717) is 0 Å². The van der Waals surface area contributed by atoms with Crippen molar-refractivity contribution in [3.63, 3.8) is 0 Å². The van der Waals surface area contributed by atoms with Crippen molar-refractivity contribution < 1.29 is 11.8 Å². The summed E-state index contributed by atoms with van der Waals surface area (Å²) in [7, 11) is 3.88. The number of hydrogen-bond acceptors (Lipinski definition) is 7. The molecule has 7 nitrogen and oxygen atoms in total.